The SMILES string of the molecule is CCCCOc1ccc(C(=O)Nc2ccn(C)n2)cc1. The molecule has 1 heterocycles. The number of nitrogens with zero attached hydrogens (tertiary/aromatic N) is 2. The van der Waals surface area contributed by atoms with Gasteiger partial charge in [-0.05, 0) is 30.7 Å². The van der Waals surface area contributed by atoms with Crippen LogP contribution in [0.1, 0.15) is 30.1 Å². The number of carbonyl (C=O) groups is 1. The first kappa shape index (κ1) is 14.1. The summed E-state index contributed by atoms with van der Waals surface area (Å²) in [5, 5.41) is 6.84. The number of ether oxygens (including phenoxy) is 1. The number of carbonyl (C=O) groups excluding carboxylic acids is 1. The molecule has 1 amide bonds. The molecule has 0 bridgehead atoms. The fourth-order valence-electron chi connectivity index (χ4n) is 1.71. The molecule has 5 heteroatoms. The van der Waals surface area contributed by atoms with E-state index < -0.39 is 0 Å². The molecule has 1 aromatic heterocycles. The average molecular weight is 273 g/mol. The Balaban J connectivity index is 1.93. The van der Waals surface area contributed by atoms with Crippen molar-refractivity contribution in [3.8, 4) is 5.75 Å². The molecule has 0 unspecified atom stereocenters. The van der Waals surface area contributed by atoms with E-state index in [1.54, 1.807) is 36.1 Å². The molecule has 0 atom stereocenters. The largest absolute Gasteiger partial charge is 0.494 e. The first-order valence-corrected chi connectivity index (χ1v) is 6.73. The van der Waals surface area contributed by atoms with Gasteiger partial charge >= 0.3 is 0 Å². The van der Waals surface area contributed by atoms with E-state index in [4.69, 9.17) is 4.74 Å². The summed E-state index contributed by atoms with van der Waals surface area (Å²) in [6, 6.07) is 8.87. The van der Waals surface area contributed by atoms with Gasteiger partial charge in [0.15, 0.2) is 5.82 Å². The highest BCUT2D eigenvalue weighted by Crippen LogP contribution is 2.14. The number of anilines is 1. The Bertz CT molecular complexity index is 561. The van der Waals surface area contributed by atoms with Gasteiger partial charge in [0.25, 0.3) is 5.91 Å². The van der Waals surface area contributed by atoms with Crippen molar-refractivity contribution < 1.29 is 9.53 Å². The fourth-order valence-corrected chi connectivity index (χ4v) is 1.71. The zero-order valence-corrected chi connectivity index (χ0v) is 11.8. The maximum atomic E-state index is 12.0. The van der Waals surface area contributed by atoms with Crippen molar-refractivity contribution in [3.05, 3.63) is 42.1 Å². The molecule has 106 valence electrons. The standard InChI is InChI=1S/C15H19N3O2/c1-3-4-11-20-13-7-5-12(6-8-13)15(19)16-14-9-10-18(2)17-14/h5-10H,3-4,11H2,1-2H3,(H,16,17,19). The third kappa shape index (κ3) is 3.85. The van der Waals surface area contributed by atoms with Crippen LogP contribution in [0.15, 0.2) is 36.5 Å². The Morgan fingerprint density at radius 1 is 1.30 bits per heavy atom. The minimum absolute atomic E-state index is 0.177. The molecular weight excluding hydrogens is 254 g/mol. The van der Waals surface area contributed by atoms with E-state index in [0.717, 1.165) is 18.6 Å². The summed E-state index contributed by atoms with van der Waals surface area (Å²) in [6.45, 7) is 2.82. The molecule has 20 heavy (non-hydrogen) atoms. The molecule has 0 aliphatic carbocycles. The highest BCUT2D eigenvalue weighted by molar-refractivity contribution is 6.03. The second-order valence-electron chi connectivity index (χ2n) is 4.56. The molecule has 5 nitrogen and oxygen atoms in total. The van der Waals surface area contributed by atoms with E-state index in [1.807, 2.05) is 12.1 Å². The van der Waals surface area contributed by atoms with Crippen molar-refractivity contribution in [1.29, 1.82) is 0 Å². The number of hydrogen-bond acceptors (Lipinski definition) is 3. The maximum absolute atomic E-state index is 12.0. The summed E-state index contributed by atoms with van der Waals surface area (Å²) in [5.41, 5.74) is 0.582. The Morgan fingerprint density at radius 2 is 2.05 bits per heavy atom. The van der Waals surface area contributed by atoms with Crippen LogP contribution in [0, 0.1) is 0 Å². The molecular formula is C15H19N3O2. The van der Waals surface area contributed by atoms with Crippen LogP contribution in [-0.2, 0) is 7.05 Å². The zero-order valence-electron chi connectivity index (χ0n) is 11.8. The van der Waals surface area contributed by atoms with Crippen molar-refractivity contribution in [1.82, 2.24) is 9.78 Å². The molecule has 0 spiro atoms. The van der Waals surface area contributed by atoms with E-state index in [0.29, 0.717) is 18.0 Å². The van der Waals surface area contributed by atoms with Crippen molar-refractivity contribution in [3.63, 3.8) is 0 Å². The van der Waals surface area contributed by atoms with E-state index in [2.05, 4.69) is 17.3 Å². The average Bonchev–Trinajstić information content (AvgIpc) is 2.85. The Kier molecular flexibility index (Phi) is 4.76. The van der Waals surface area contributed by atoms with Crippen molar-refractivity contribution in [2.24, 2.45) is 7.05 Å². The van der Waals surface area contributed by atoms with Gasteiger partial charge in [-0.2, -0.15) is 5.10 Å². The lowest BCUT2D eigenvalue weighted by Crippen LogP contribution is -2.12. The molecule has 2 rings (SSSR count). The van der Waals surface area contributed by atoms with Crippen molar-refractivity contribution in [2.75, 3.05) is 11.9 Å². The van der Waals surface area contributed by atoms with Crippen LogP contribution in [0.5, 0.6) is 5.75 Å². The first-order chi connectivity index (χ1) is 9.69. The van der Waals surface area contributed by atoms with Gasteiger partial charge in [-0.25, -0.2) is 0 Å². The van der Waals surface area contributed by atoms with Crippen LogP contribution in [0.4, 0.5) is 5.82 Å². The number of aryl methyl sites for hydroxylation is 1. The quantitative estimate of drug-likeness (QED) is 0.823. The third-order valence-electron chi connectivity index (χ3n) is 2.84. The van der Waals surface area contributed by atoms with Crippen molar-refractivity contribution >= 4 is 11.7 Å². The summed E-state index contributed by atoms with van der Waals surface area (Å²) in [7, 11) is 1.80. The highest BCUT2D eigenvalue weighted by Gasteiger charge is 2.07. The monoisotopic (exact) mass is 273 g/mol. The Morgan fingerprint density at radius 3 is 2.65 bits per heavy atom. The lowest BCUT2D eigenvalue weighted by Gasteiger charge is -2.06. The Labute approximate surface area is 118 Å². The van der Waals surface area contributed by atoms with Gasteiger partial charge in [-0.15, -0.1) is 0 Å². The van der Waals surface area contributed by atoms with Crippen LogP contribution < -0.4 is 10.1 Å². The predicted octanol–water partition coefficient (Wildman–Crippen LogP) is 2.85. The second kappa shape index (κ2) is 6.75. The molecule has 2 aromatic rings. The van der Waals surface area contributed by atoms with E-state index in [-0.39, 0.29) is 5.91 Å². The maximum Gasteiger partial charge on any atom is 0.256 e. The molecule has 0 aliphatic heterocycles. The molecule has 1 N–H and O–H groups in total. The number of amides is 1. The van der Waals surface area contributed by atoms with Crippen LogP contribution in [0.25, 0.3) is 0 Å². The topological polar surface area (TPSA) is 56.1 Å². The fraction of sp³-hybridized carbons (Fsp3) is 0.333. The van der Waals surface area contributed by atoms with Gasteiger partial charge in [-0.3, -0.25) is 9.48 Å². The lowest BCUT2D eigenvalue weighted by atomic mass is 10.2. The minimum Gasteiger partial charge on any atom is -0.494 e. The number of rotatable bonds is 6. The van der Waals surface area contributed by atoms with Gasteiger partial charge in [0.05, 0.1) is 6.61 Å². The van der Waals surface area contributed by atoms with Gasteiger partial charge < -0.3 is 10.1 Å². The van der Waals surface area contributed by atoms with Crippen LogP contribution in [0.3, 0.4) is 0 Å². The normalized spacial score (nSPS) is 10.3. The molecule has 0 aliphatic rings. The van der Waals surface area contributed by atoms with E-state index in [9.17, 15) is 4.79 Å². The van der Waals surface area contributed by atoms with Crippen LogP contribution >= 0.6 is 0 Å². The number of nitrogens with one attached hydrogen (secondary N) is 1. The second-order valence-corrected chi connectivity index (χ2v) is 4.56. The van der Waals surface area contributed by atoms with Crippen LogP contribution in [0.2, 0.25) is 0 Å². The number of unbranched alkanes of at least 4 members (excludes halogenated alkanes) is 1. The molecule has 0 fully saturated rings. The zero-order chi connectivity index (χ0) is 14.4. The predicted molar refractivity (Wildman–Crippen MR) is 78.0 cm³/mol. The smallest absolute Gasteiger partial charge is 0.256 e. The molecule has 0 radical (unpaired) electrons. The van der Waals surface area contributed by atoms with Gasteiger partial charge in [0.1, 0.15) is 5.75 Å². The lowest BCUT2D eigenvalue weighted by molar-refractivity contribution is 0.102. The van der Waals surface area contributed by atoms with Gasteiger partial charge in [0, 0.05) is 24.9 Å². The minimum atomic E-state index is -0.177. The summed E-state index contributed by atoms with van der Waals surface area (Å²) < 4.78 is 7.19. The summed E-state index contributed by atoms with van der Waals surface area (Å²) >= 11 is 0. The highest BCUT2D eigenvalue weighted by atomic mass is 16.5. The van der Waals surface area contributed by atoms with E-state index >= 15 is 0 Å². The summed E-state index contributed by atoms with van der Waals surface area (Å²) in [6.07, 6.45) is 3.91. The number of benzene rings is 1. The number of aromatic nitrogens is 2. The summed E-state index contributed by atoms with van der Waals surface area (Å²) in [5.74, 6) is 1.15. The van der Waals surface area contributed by atoms with Crippen molar-refractivity contribution in [2.45, 2.75) is 19.8 Å². The Hall–Kier alpha value is -2.30. The third-order valence-corrected chi connectivity index (χ3v) is 2.84. The first-order valence-electron chi connectivity index (χ1n) is 6.73. The van der Waals surface area contributed by atoms with Gasteiger partial charge in [-0.1, -0.05) is 13.3 Å². The molecule has 0 saturated heterocycles. The number of hydrogen-bond donors (Lipinski definition) is 1. The van der Waals surface area contributed by atoms with Gasteiger partial charge in [0.2, 0.25) is 0 Å². The molecule has 1 aromatic carbocycles. The molecule has 0 saturated carbocycles. The summed E-state index contributed by atoms with van der Waals surface area (Å²) in [4.78, 5) is 12.0. The van der Waals surface area contributed by atoms with E-state index in [1.165, 1.54) is 0 Å². The van der Waals surface area contributed by atoms with Crippen LogP contribution in [-0.4, -0.2) is 22.3 Å².